The highest BCUT2D eigenvalue weighted by Gasteiger charge is 2.22. The molecule has 0 fully saturated rings. The SMILES string of the molecule is COc1ccc(OC)c(-c2nn(-c3ccccc3)cc2C(=O)NCc2ccc(F)cc2)c1. The van der Waals surface area contributed by atoms with Crippen molar-refractivity contribution in [3.8, 4) is 28.4 Å². The molecular formula is C25H22FN3O3. The minimum absolute atomic E-state index is 0.254. The maximum Gasteiger partial charge on any atom is 0.255 e. The van der Waals surface area contributed by atoms with Crippen molar-refractivity contribution in [3.05, 3.63) is 95.9 Å². The second kappa shape index (κ2) is 9.34. The normalized spacial score (nSPS) is 10.6. The molecule has 0 saturated heterocycles. The summed E-state index contributed by atoms with van der Waals surface area (Å²) in [5.41, 5.74) is 3.07. The van der Waals surface area contributed by atoms with Gasteiger partial charge in [0.2, 0.25) is 0 Å². The highest BCUT2D eigenvalue weighted by atomic mass is 19.1. The van der Waals surface area contributed by atoms with E-state index in [0.29, 0.717) is 28.3 Å². The van der Waals surface area contributed by atoms with Crippen LogP contribution in [0.2, 0.25) is 0 Å². The fraction of sp³-hybridized carbons (Fsp3) is 0.120. The predicted molar refractivity (Wildman–Crippen MR) is 120 cm³/mol. The van der Waals surface area contributed by atoms with Crippen LogP contribution in [0.4, 0.5) is 4.39 Å². The summed E-state index contributed by atoms with van der Waals surface area (Å²) in [6.45, 7) is 0.254. The maximum absolute atomic E-state index is 13.2. The molecule has 1 N–H and O–H groups in total. The van der Waals surface area contributed by atoms with Gasteiger partial charge in [-0.3, -0.25) is 4.79 Å². The van der Waals surface area contributed by atoms with Crippen LogP contribution in [0, 0.1) is 5.82 Å². The molecule has 0 saturated carbocycles. The zero-order valence-electron chi connectivity index (χ0n) is 17.7. The van der Waals surface area contributed by atoms with Crippen LogP contribution in [-0.2, 0) is 6.54 Å². The van der Waals surface area contributed by atoms with Crippen molar-refractivity contribution < 1.29 is 18.7 Å². The molecule has 0 atom stereocenters. The highest BCUT2D eigenvalue weighted by molar-refractivity contribution is 6.00. The molecule has 3 aromatic carbocycles. The highest BCUT2D eigenvalue weighted by Crippen LogP contribution is 2.35. The van der Waals surface area contributed by atoms with Crippen molar-refractivity contribution in [1.82, 2.24) is 15.1 Å². The Morgan fingerprint density at radius 1 is 1.00 bits per heavy atom. The summed E-state index contributed by atoms with van der Waals surface area (Å²) in [5, 5.41) is 7.58. The van der Waals surface area contributed by atoms with E-state index in [-0.39, 0.29) is 18.3 Å². The Kier molecular flexibility index (Phi) is 6.17. The lowest BCUT2D eigenvalue weighted by molar-refractivity contribution is 0.0951. The van der Waals surface area contributed by atoms with Gasteiger partial charge in [0.05, 0.1) is 25.5 Å². The zero-order valence-corrected chi connectivity index (χ0v) is 17.7. The molecule has 0 unspecified atom stereocenters. The number of methoxy groups -OCH3 is 2. The van der Waals surface area contributed by atoms with Crippen molar-refractivity contribution in [2.24, 2.45) is 0 Å². The number of carbonyl (C=O) groups is 1. The number of nitrogens with zero attached hydrogens (tertiary/aromatic N) is 2. The maximum atomic E-state index is 13.2. The number of hydrogen-bond acceptors (Lipinski definition) is 4. The molecule has 32 heavy (non-hydrogen) atoms. The van der Waals surface area contributed by atoms with Crippen molar-refractivity contribution >= 4 is 5.91 Å². The van der Waals surface area contributed by atoms with Gasteiger partial charge in [-0.2, -0.15) is 5.10 Å². The third-order valence-corrected chi connectivity index (χ3v) is 5.01. The number of halogens is 1. The van der Waals surface area contributed by atoms with E-state index in [1.165, 1.54) is 12.1 Å². The summed E-state index contributed by atoms with van der Waals surface area (Å²) < 4.78 is 25.7. The van der Waals surface area contributed by atoms with E-state index in [0.717, 1.165) is 11.3 Å². The Bertz CT molecular complexity index is 1220. The molecular weight excluding hydrogens is 409 g/mol. The summed E-state index contributed by atoms with van der Waals surface area (Å²) in [7, 11) is 3.14. The van der Waals surface area contributed by atoms with Crippen LogP contribution in [0.5, 0.6) is 11.5 Å². The van der Waals surface area contributed by atoms with E-state index < -0.39 is 0 Å². The number of hydrogen-bond donors (Lipinski definition) is 1. The summed E-state index contributed by atoms with van der Waals surface area (Å²) >= 11 is 0. The quantitative estimate of drug-likeness (QED) is 0.464. The number of nitrogens with one attached hydrogen (secondary N) is 1. The second-order valence-electron chi connectivity index (χ2n) is 7.05. The van der Waals surface area contributed by atoms with Gasteiger partial charge in [0.25, 0.3) is 5.91 Å². The first-order valence-electron chi connectivity index (χ1n) is 9.99. The number of amides is 1. The van der Waals surface area contributed by atoms with E-state index in [1.54, 1.807) is 55.4 Å². The Hall–Kier alpha value is -4.13. The molecule has 0 aliphatic rings. The van der Waals surface area contributed by atoms with Gasteiger partial charge in [0, 0.05) is 18.3 Å². The largest absolute Gasteiger partial charge is 0.497 e. The smallest absolute Gasteiger partial charge is 0.255 e. The van der Waals surface area contributed by atoms with Gasteiger partial charge in [-0.1, -0.05) is 30.3 Å². The minimum atomic E-state index is -0.323. The van der Waals surface area contributed by atoms with Gasteiger partial charge in [0.1, 0.15) is 23.0 Å². The average molecular weight is 431 g/mol. The molecule has 6 nitrogen and oxygen atoms in total. The average Bonchev–Trinajstić information content (AvgIpc) is 3.29. The van der Waals surface area contributed by atoms with Gasteiger partial charge in [-0.25, -0.2) is 9.07 Å². The molecule has 1 aromatic heterocycles. The summed E-state index contributed by atoms with van der Waals surface area (Å²) in [6, 6.07) is 20.9. The third kappa shape index (κ3) is 4.46. The van der Waals surface area contributed by atoms with Crippen LogP contribution >= 0.6 is 0 Å². The second-order valence-corrected chi connectivity index (χ2v) is 7.05. The molecule has 7 heteroatoms. The number of rotatable bonds is 7. The lowest BCUT2D eigenvalue weighted by atomic mass is 10.1. The van der Waals surface area contributed by atoms with E-state index in [4.69, 9.17) is 14.6 Å². The van der Waals surface area contributed by atoms with E-state index >= 15 is 0 Å². The van der Waals surface area contributed by atoms with Crippen LogP contribution in [0.25, 0.3) is 16.9 Å². The Balaban J connectivity index is 1.74. The Morgan fingerprint density at radius 3 is 2.44 bits per heavy atom. The minimum Gasteiger partial charge on any atom is -0.497 e. The van der Waals surface area contributed by atoms with E-state index in [9.17, 15) is 9.18 Å². The molecule has 0 spiro atoms. The fourth-order valence-corrected chi connectivity index (χ4v) is 3.33. The van der Waals surface area contributed by atoms with Gasteiger partial charge >= 0.3 is 0 Å². The lowest BCUT2D eigenvalue weighted by Crippen LogP contribution is -2.23. The Labute approximate surface area is 185 Å². The van der Waals surface area contributed by atoms with Crippen molar-refractivity contribution in [1.29, 1.82) is 0 Å². The lowest BCUT2D eigenvalue weighted by Gasteiger charge is -2.10. The number of ether oxygens (including phenoxy) is 2. The first kappa shape index (κ1) is 21.1. The first-order chi connectivity index (χ1) is 15.6. The van der Waals surface area contributed by atoms with Crippen molar-refractivity contribution in [3.63, 3.8) is 0 Å². The molecule has 0 bridgehead atoms. The molecule has 0 aliphatic heterocycles. The first-order valence-corrected chi connectivity index (χ1v) is 9.99. The van der Waals surface area contributed by atoms with Crippen LogP contribution in [0.15, 0.2) is 79.0 Å². The monoisotopic (exact) mass is 431 g/mol. The molecule has 1 heterocycles. The van der Waals surface area contributed by atoms with E-state index in [2.05, 4.69) is 5.32 Å². The predicted octanol–water partition coefficient (Wildman–Crippen LogP) is 4.63. The van der Waals surface area contributed by atoms with Crippen LogP contribution in [0.3, 0.4) is 0 Å². The summed E-state index contributed by atoms with van der Waals surface area (Å²) in [6.07, 6.45) is 1.68. The number of aromatic nitrogens is 2. The molecule has 4 aromatic rings. The topological polar surface area (TPSA) is 65.4 Å². The van der Waals surface area contributed by atoms with Crippen LogP contribution < -0.4 is 14.8 Å². The molecule has 0 aliphatic carbocycles. The number of carbonyl (C=O) groups excluding carboxylic acids is 1. The molecule has 1 amide bonds. The molecule has 162 valence electrons. The number of para-hydroxylation sites is 1. The fourth-order valence-electron chi connectivity index (χ4n) is 3.33. The standard InChI is InChI=1S/C25H22FN3O3/c1-31-20-12-13-23(32-2)21(14-20)24-22(16-29(28-24)19-6-4-3-5-7-19)25(30)27-15-17-8-10-18(26)11-9-17/h3-14,16H,15H2,1-2H3,(H,27,30). The van der Waals surface area contributed by atoms with Crippen molar-refractivity contribution in [2.45, 2.75) is 6.54 Å². The van der Waals surface area contributed by atoms with E-state index in [1.807, 2.05) is 30.3 Å². The summed E-state index contributed by atoms with van der Waals surface area (Å²) in [4.78, 5) is 13.2. The summed E-state index contributed by atoms with van der Waals surface area (Å²) in [5.74, 6) is 0.553. The van der Waals surface area contributed by atoms with Crippen LogP contribution in [-0.4, -0.2) is 29.9 Å². The van der Waals surface area contributed by atoms with Crippen LogP contribution in [0.1, 0.15) is 15.9 Å². The van der Waals surface area contributed by atoms with Gasteiger partial charge in [-0.15, -0.1) is 0 Å². The molecule has 4 rings (SSSR count). The third-order valence-electron chi connectivity index (χ3n) is 5.01. The molecule has 0 radical (unpaired) electrons. The number of benzene rings is 3. The van der Waals surface area contributed by atoms with Gasteiger partial charge in [0.15, 0.2) is 0 Å². The zero-order chi connectivity index (χ0) is 22.5. The Morgan fingerprint density at radius 2 is 1.75 bits per heavy atom. The van der Waals surface area contributed by atoms with Gasteiger partial charge in [-0.05, 0) is 48.0 Å². The van der Waals surface area contributed by atoms with Crippen molar-refractivity contribution in [2.75, 3.05) is 14.2 Å². The van der Waals surface area contributed by atoms with Gasteiger partial charge < -0.3 is 14.8 Å².